The number of nitrogen functional groups attached to an aromatic ring is 1. The first-order chi connectivity index (χ1) is 9.99. The molecule has 0 amide bonds. The molecule has 1 fully saturated rings. The van der Waals surface area contributed by atoms with Crippen LogP contribution in [0.15, 0.2) is 4.90 Å². The van der Waals surface area contributed by atoms with Gasteiger partial charge in [0.05, 0.1) is 22.1 Å². The normalized spacial score (nSPS) is 18.7. The molecule has 1 aliphatic rings. The van der Waals surface area contributed by atoms with E-state index in [1.807, 2.05) is 20.1 Å². The Morgan fingerprint density at radius 3 is 2.86 bits per heavy atom. The van der Waals surface area contributed by atoms with Crippen LogP contribution in [0.4, 0.5) is 10.7 Å². The zero-order valence-corrected chi connectivity index (χ0v) is 14.8. The number of carbonyl (C=O) groups is 1. The van der Waals surface area contributed by atoms with Crippen molar-refractivity contribution in [2.75, 3.05) is 43.7 Å². The highest BCUT2D eigenvalue weighted by Gasteiger charge is 2.29. The van der Waals surface area contributed by atoms with E-state index in [0.29, 0.717) is 11.6 Å². The number of ether oxygens (including phenoxy) is 1. The predicted molar refractivity (Wildman–Crippen MR) is 91.9 cm³/mol. The first-order valence-electron chi connectivity index (χ1n) is 7.23. The summed E-state index contributed by atoms with van der Waals surface area (Å²) in [6, 6.07) is 0. The van der Waals surface area contributed by atoms with Gasteiger partial charge in [-0.25, -0.2) is 0 Å². The van der Waals surface area contributed by atoms with Crippen LogP contribution in [-0.2, 0) is 4.74 Å². The molecule has 0 aliphatic carbocycles. The molecule has 4 nitrogen and oxygen atoms in total. The van der Waals surface area contributed by atoms with Crippen LogP contribution in [0.5, 0.6) is 0 Å². The number of nitrogens with two attached hydrogens (primary N) is 1. The van der Waals surface area contributed by atoms with Crippen LogP contribution in [0.25, 0.3) is 0 Å². The third-order valence-corrected chi connectivity index (χ3v) is 6.04. The second kappa shape index (κ2) is 7.03. The van der Waals surface area contributed by atoms with E-state index < -0.39 is 0 Å². The standard InChI is InChI=1S/C15H24N2O2S2/c1-9(2)12(18)13-11(16)14(20-4)15(21-13)17-6-5-10(7-17)8-19-3/h9-10H,5-8,16H2,1-4H3. The number of hydrogen-bond acceptors (Lipinski definition) is 6. The highest BCUT2D eigenvalue weighted by atomic mass is 32.2. The summed E-state index contributed by atoms with van der Waals surface area (Å²) in [5.41, 5.74) is 6.90. The molecule has 2 rings (SSSR count). The van der Waals surface area contributed by atoms with Crippen molar-refractivity contribution in [3.05, 3.63) is 4.88 Å². The molecule has 1 aliphatic heterocycles. The largest absolute Gasteiger partial charge is 0.396 e. The maximum absolute atomic E-state index is 12.3. The predicted octanol–water partition coefficient (Wildman–Crippen LogP) is 3.36. The minimum absolute atomic E-state index is 0.0201. The van der Waals surface area contributed by atoms with Crippen LogP contribution in [0, 0.1) is 11.8 Å². The van der Waals surface area contributed by atoms with Crippen molar-refractivity contribution >= 4 is 39.6 Å². The monoisotopic (exact) mass is 328 g/mol. The van der Waals surface area contributed by atoms with E-state index in [4.69, 9.17) is 10.5 Å². The Balaban J connectivity index is 2.28. The number of ketones is 1. The molecule has 0 radical (unpaired) electrons. The Morgan fingerprint density at radius 2 is 2.29 bits per heavy atom. The van der Waals surface area contributed by atoms with E-state index in [1.165, 1.54) is 0 Å². The molecule has 118 valence electrons. The molecule has 0 spiro atoms. The molecule has 1 unspecified atom stereocenters. The lowest BCUT2D eigenvalue weighted by atomic mass is 10.1. The second-order valence-corrected chi connectivity index (χ2v) is 7.57. The Kier molecular flexibility index (Phi) is 5.57. The summed E-state index contributed by atoms with van der Waals surface area (Å²) in [7, 11) is 1.75. The zero-order valence-electron chi connectivity index (χ0n) is 13.1. The fourth-order valence-electron chi connectivity index (χ4n) is 2.66. The van der Waals surface area contributed by atoms with Gasteiger partial charge in [-0.3, -0.25) is 4.79 Å². The molecule has 1 aromatic rings. The summed E-state index contributed by atoms with van der Waals surface area (Å²) in [5.74, 6) is 0.692. The SMILES string of the molecule is COCC1CCN(c2sc(C(=O)C(C)C)c(N)c2SC)C1. The Morgan fingerprint density at radius 1 is 1.57 bits per heavy atom. The molecular weight excluding hydrogens is 304 g/mol. The van der Waals surface area contributed by atoms with Gasteiger partial charge in [-0.05, 0) is 12.7 Å². The fraction of sp³-hybridized carbons (Fsp3) is 0.667. The van der Waals surface area contributed by atoms with Crippen LogP contribution < -0.4 is 10.6 Å². The van der Waals surface area contributed by atoms with E-state index in [2.05, 4.69) is 4.90 Å². The number of thiophene rings is 1. The van der Waals surface area contributed by atoms with Crippen LogP contribution in [-0.4, -0.2) is 38.8 Å². The van der Waals surface area contributed by atoms with Crippen LogP contribution in [0.2, 0.25) is 0 Å². The highest BCUT2D eigenvalue weighted by Crippen LogP contribution is 2.45. The van der Waals surface area contributed by atoms with Gasteiger partial charge < -0.3 is 15.4 Å². The lowest BCUT2D eigenvalue weighted by molar-refractivity contribution is 0.0944. The molecule has 2 N–H and O–H groups in total. The maximum atomic E-state index is 12.3. The van der Waals surface area contributed by atoms with Crippen LogP contribution in [0.3, 0.4) is 0 Å². The molecular formula is C15H24N2O2S2. The van der Waals surface area contributed by atoms with E-state index in [1.54, 1.807) is 30.2 Å². The summed E-state index contributed by atoms with van der Waals surface area (Å²) < 4.78 is 5.26. The van der Waals surface area contributed by atoms with Crippen molar-refractivity contribution in [2.24, 2.45) is 11.8 Å². The molecule has 2 heterocycles. The van der Waals surface area contributed by atoms with Crippen LogP contribution in [0.1, 0.15) is 29.9 Å². The number of carbonyl (C=O) groups excluding carboxylic acids is 1. The topological polar surface area (TPSA) is 55.6 Å². The Labute approximate surface area is 135 Å². The second-order valence-electron chi connectivity index (χ2n) is 5.76. The molecule has 21 heavy (non-hydrogen) atoms. The third-order valence-electron chi connectivity index (χ3n) is 3.81. The van der Waals surface area contributed by atoms with Crippen molar-refractivity contribution < 1.29 is 9.53 Å². The van der Waals surface area contributed by atoms with Crippen molar-refractivity contribution in [1.29, 1.82) is 0 Å². The van der Waals surface area contributed by atoms with Gasteiger partial charge in [0, 0.05) is 32.0 Å². The van der Waals surface area contributed by atoms with Gasteiger partial charge in [-0.2, -0.15) is 0 Å². The van der Waals surface area contributed by atoms with Gasteiger partial charge in [0.1, 0.15) is 5.00 Å². The Bertz CT molecular complexity index is 514. The number of Topliss-reactive ketones (excluding diaryl/α,β-unsaturated/α-hetero) is 1. The van der Waals surface area contributed by atoms with Crippen molar-refractivity contribution in [3.8, 4) is 0 Å². The Hall–Kier alpha value is -0.720. The minimum atomic E-state index is -0.0201. The lowest BCUT2D eigenvalue weighted by Gasteiger charge is -2.18. The van der Waals surface area contributed by atoms with Crippen molar-refractivity contribution in [3.63, 3.8) is 0 Å². The molecule has 1 atom stereocenters. The van der Waals surface area contributed by atoms with E-state index in [-0.39, 0.29) is 11.7 Å². The summed E-state index contributed by atoms with van der Waals surface area (Å²) in [5, 5.41) is 1.16. The molecule has 1 aromatic heterocycles. The van der Waals surface area contributed by atoms with Gasteiger partial charge in [0.15, 0.2) is 5.78 Å². The molecule has 0 aromatic carbocycles. The first-order valence-corrected chi connectivity index (χ1v) is 9.28. The average molecular weight is 329 g/mol. The van der Waals surface area contributed by atoms with Crippen molar-refractivity contribution in [1.82, 2.24) is 0 Å². The van der Waals surface area contributed by atoms with Gasteiger partial charge in [0.25, 0.3) is 0 Å². The molecule has 0 saturated carbocycles. The number of anilines is 2. The van der Waals surface area contributed by atoms with Gasteiger partial charge in [0.2, 0.25) is 0 Å². The zero-order chi connectivity index (χ0) is 15.6. The summed E-state index contributed by atoms with van der Waals surface area (Å²) in [4.78, 5) is 16.4. The maximum Gasteiger partial charge on any atom is 0.177 e. The number of hydrogen-bond donors (Lipinski definition) is 1. The quantitative estimate of drug-likeness (QED) is 0.641. The van der Waals surface area contributed by atoms with E-state index in [0.717, 1.165) is 40.9 Å². The summed E-state index contributed by atoms with van der Waals surface area (Å²) in [6.07, 6.45) is 3.15. The van der Waals surface area contributed by atoms with Gasteiger partial charge in [-0.1, -0.05) is 13.8 Å². The average Bonchev–Trinajstić information content (AvgIpc) is 3.02. The minimum Gasteiger partial charge on any atom is -0.396 e. The lowest BCUT2D eigenvalue weighted by Crippen LogP contribution is -2.20. The van der Waals surface area contributed by atoms with Gasteiger partial charge >= 0.3 is 0 Å². The first kappa shape index (κ1) is 16.6. The highest BCUT2D eigenvalue weighted by molar-refractivity contribution is 7.99. The third kappa shape index (κ3) is 3.38. The van der Waals surface area contributed by atoms with Crippen molar-refractivity contribution in [2.45, 2.75) is 25.2 Å². The summed E-state index contributed by atoms with van der Waals surface area (Å²) >= 11 is 3.19. The molecule has 1 saturated heterocycles. The summed E-state index contributed by atoms with van der Waals surface area (Å²) in [6.45, 7) is 6.63. The number of rotatable bonds is 6. The smallest absolute Gasteiger partial charge is 0.177 e. The molecule has 6 heteroatoms. The van der Waals surface area contributed by atoms with E-state index in [9.17, 15) is 4.79 Å². The number of methoxy groups -OCH3 is 1. The van der Waals surface area contributed by atoms with Crippen LogP contribution >= 0.6 is 23.1 Å². The fourth-order valence-corrected chi connectivity index (χ4v) is 4.96. The number of nitrogens with zero attached hydrogens (tertiary/aromatic N) is 1. The number of thioether (sulfide) groups is 1. The van der Waals surface area contributed by atoms with Gasteiger partial charge in [-0.15, -0.1) is 23.1 Å². The van der Waals surface area contributed by atoms with E-state index >= 15 is 0 Å². The molecule has 0 bridgehead atoms.